The lowest BCUT2D eigenvalue weighted by atomic mass is 10.1. The molecule has 54 valence electrons. The number of hydrogen-bond donors (Lipinski definition) is 1. The minimum Gasteiger partial charge on any atom is -0.327 e. The van der Waals surface area contributed by atoms with Gasteiger partial charge in [-0.05, 0) is 12.3 Å². The lowest BCUT2D eigenvalue weighted by Crippen LogP contribution is -2.36. The Morgan fingerprint density at radius 1 is 1.56 bits per heavy atom. The quantitative estimate of drug-likeness (QED) is 0.528. The zero-order valence-electron chi connectivity index (χ0n) is 5.67. The number of rotatable bonds is 0. The minimum atomic E-state index is -0.625. The number of nitrogens with two attached hydrogens (primary N) is 1. The van der Waals surface area contributed by atoms with E-state index in [1.165, 1.54) is 0 Å². The van der Waals surface area contributed by atoms with E-state index in [0.29, 0.717) is 11.7 Å². The number of hydrogen-bond acceptors (Lipinski definition) is 2. The first-order valence-corrected chi connectivity index (χ1v) is 4.78. The second-order valence-electron chi connectivity index (χ2n) is 2.87. The standard InChI is InChI=1S/C6H13NOS/c1-5-2-6(7)4-9(8)3-5/h5-6H,2-4,7H2,1H3. The Hall–Kier alpha value is 0.110. The fraction of sp³-hybridized carbons (Fsp3) is 1.00. The highest BCUT2D eigenvalue weighted by Gasteiger charge is 2.19. The first-order chi connectivity index (χ1) is 4.18. The molecule has 9 heavy (non-hydrogen) atoms. The molecule has 0 saturated carbocycles. The summed E-state index contributed by atoms with van der Waals surface area (Å²) in [5, 5.41) is 0. The van der Waals surface area contributed by atoms with Crippen molar-refractivity contribution < 1.29 is 4.21 Å². The third-order valence-corrected chi connectivity index (χ3v) is 3.32. The van der Waals surface area contributed by atoms with Gasteiger partial charge in [0, 0.05) is 28.3 Å². The van der Waals surface area contributed by atoms with Crippen molar-refractivity contribution in [2.24, 2.45) is 11.7 Å². The van der Waals surface area contributed by atoms with Crippen LogP contribution in [0.15, 0.2) is 0 Å². The molecule has 1 aliphatic rings. The zero-order chi connectivity index (χ0) is 6.85. The van der Waals surface area contributed by atoms with Crippen LogP contribution in [0.25, 0.3) is 0 Å². The molecule has 0 aromatic heterocycles. The maximum absolute atomic E-state index is 10.9. The first kappa shape index (κ1) is 7.22. The third-order valence-electron chi connectivity index (χ3n) is 1.58. The summed E-state index contributed by atoms with van der Waals surface area (Å²) >= 11 is 0. The second kappa shape index (κ2) is 2.80. The highest BCUT2D eigenvalue weighted by Crippen LogP contribution is 2.13. The first-order valence-electron chi connectivity index (χ1n) is 3.29. The van der Waals surface area contributed by atoms with Gasteiger partial charge in [-0.2, -0.15) is 0 Å². The summed E-state index contributed by atoms with van der Waals surface area (Å²) < 4.78 is 10.9. The van der Waals surface area contributed by atoms with Crippen LogP contribution >= 0.6 is 0 Å². The van der Waals surface area contributed by atoms with Gasteiger partial charge in [-0.1, -0.05) is 6.92 Å². The van der Waals surface area contributed by atoms with Crippen LogP contribution in [-0.2, 0) is 10.8 Å². The van der Waals surface area contributed by atoms with E-state index in [0.717, 1.165) is 12.2 Å². The van der Waals surface area contributed by atoms with E-state index in [4.69, 9.17) is 5.73 Å². The fourth-order valence-electron chi connectivity index (χ4n) is 1.28. The van der Waals surface area contributed by atoms with Crippen LogP contribution in [0.5, 0.6) is 0 Å². The van der Waals surface area contributed by atoms with Crippen molar-refractivity contribution in [3.05, 3.63) is 0 Å². The predicted molar refractivity (Wildman–Crippen MR) is 39.6 cm³/mol. The molecule has 1 aliphatic heterocycles. The average Bonchev–Trinajstić information content (AvgIpc) is 1.59. The van der Waals surface area contributed by atoms with E-state index in [1.807, 2.05) is 0 Å². The SMILES string of the molecule is CC1CC(N)CS(=O)C1. The fourth-order valence-corrected chi connectivity index (χ4v) is 2.80. The molecule has 0 amide bonds. The van der Waals surface area contributed by atoms with Gasteiger partial charge in [0.15, 0.2) is 0 Å². The van der Waals surface area contributed by atoms with Crippen molar-refractivity contribution >= 4 is 10.8 Å². The molecule has 0 aromatic carbocycles. The summed E-state index contributed by atoms with van der Waals surface area (Å²) in [7, 11) is -0.625. The summed E-state index contributed by atoms with van der Waals surface area (Å²) in [4.78, 5) is 0. The van der Waals surface area contributed by atoms with Gasteiger partial charge in [0.2, 0.25) is 0 Å². The molecular weight excluding hydrogens is 134 g/mol. The summed E-state index contributed by atoms with van der Waals surface area (Å²) in [6, 6.07) is 0.189. The van der Waals surface area contributed by atoms with Crippen LogP contribution in [0.4, 0.5) is 0 Å². The van der Waals surface area contributed by atoms with Gasteiger partial charge in [0.05, 0.1) is 0 Å². The highest BCUT2D eigenvalue weighted by atomic mass is 32.2. The van der Waals surface area contributed by atoms with Gasteiger partial charge in [-0.15, -0.1) is 0 Å². The monoisotopic (exact) mass is 147 g/mol. The Labute approximate surface area is 58.3 Å². The highest BCUT2D eigenvalue weighted by molar-refractivity contribution is 7.85. The molecule has 0 bridgehead atoms. The Balaban J connectivity index is 2.43. The van der Waals surface area contributed by atoms with Crippen molar-refractivity contribution in [1.82, 2.24) is 0 Å². The summed E-state index contributed by atoms with van der Waals surface area (Å²) in [6.07, 6.45) is 1.05. The molecule has 2 nitrogen and oxygen atoms in total. The molecule has 1 saturated heterocycles. The van der Waals surface area contributed by atoms with E-state index in [-0.39, 0.29) is 6.04 Å². The maximum Gasteiger partial charge on any atom is 0.0386 e. The van der Waals surface area contributed by atoms with Gasteiger partial charge in [-0.25, -0.2) is 0 Å². The molecule has 1 fully saturated rings. The topological polar surface area (TPSA) is 43.1 Å². The van der Waals surface area contributed by atoms with Crippen LogP contribution in [0.2, 0.25) is 0 Å². The van der Waals surface area contributed by atoms with Crippen LogP contribution in [-0.4, -0.2) is 21.8 Å². The molecule has 3 heteroatoms. The molecule has 3 unspecified atom stereocenters. The van der Waals surface area contributed by atoms with Crippen molar-refractivity contribution in [3.8, 4) is 0 Å². The zero-order valence-corrected chi connectivity index (χ0v) is 6.49. The Bertz CT molecular complexity index is 114. The molecule has 2 N–H and O–H groups in total. The van der Waals surface area contributed by atoms with Crippen LogP contribution < -0.4 is 5.73 Å². The smallest absolute Gasteiger partial charge is 0.0386 e. The van der Waals surface area contributed by atoms with Gasteiger partial charge in [0.1, 0.15) is 0 Å². The lowest BCUT2D eigenvalue weighted by molar-refractivity contribution is 0.501. The molecule has 0 spiro atoms. The van der Waals surface area contributed by atoms with E-state index in [1.54, 1.807) is 0 Å². The van der Waals surface area contributed by atoms with Crippen LogP contribution in [0.3, 0.4) is 0 Å². The Kier molecular flexibility index (Phi) is 2.24. The van der Waals surface area contributed by atoms with Crippen LogP contribution in [0.1, 0.15) is 13.3 Å². The van der Waals surface area contributed by atoms with E-state index in [9.17, 15) is 4.21 Å². The van der Waals surface area contributed by atoms with Gasteiger partial charge in [-0.3, -0.25) is 4.21 Å². The van der Waals surface area contributed by atoms with Crippen molar-refractivity contribution in [3.63, 3.8) is 0 Å². The van der Waals surface area contributed by atoms with Gasteiger partial charge >= 0.3 is 0 Å². The molecular formula is C6H13NOS. The lowest BCUT2D eigenvalue weighted by Gasteiger charge is -2.22. The van der Waals surface area contributed by atoms with E-state index in [2.05, 4.69) is 6.92 Å². The van der Waals surface area contributed by atoms with Crippen LogP contribution in [0, 0.1) is 5.92 Å². The van der Waals surface area contributed by atoms with Crippen molar-refractivity contribution in [2.75, 3.05) is 11.5 Å². The summed E-state index contributed by atoms with van der Waals surface area (Å²) in [5.41, 5.74) is 5.62. The summed E-state index contributed by atoms with van der Waals surface area (Å²) in [5.74, 6) is 2.13. The molecule has 0 aliphatic carbocycles. The molecule has 3 atom stereocenters. The molecule has 0 aromatic rings. The van der Waals surface area contributed by atoms with E-state index < -0.39 is 10.8 Å². The largest absolute Gasteiger partial charge is 0.327 e. The maximum atomic E-state index is 10.9. The Morgan fingerprint density at radius 3 is 2.67 bits per heavy atom. The van der Waals surface area contributed by atoms with Crippen molar-refractivity contribution in [1.29, 1.82) is 0 Å². The summed E-state index contributed by atoms with van der Waals surface area (Å²) in [6.45, 7) is 2.11. The van der Waals surface area contributed by atoms with Gasteiger partial charge in [0.25, 0.3) is 0 Å². The predicted octanol–water partition coefficient (Wildman–Crippen LogP) is 0.102. The molecule has 0 radical (unpaired) electrons. The van der Waals surface area contributed by atoms with E-state index >= 15 is 0 Å². The average molecular weight is 147 g/mol. The third kappa shape index (κ3) is 2.06. The van der Waals surface area contributed by atoms with Crippen molar-refractivity contribution in [2.45, 2.75) is 19.4 Å². The second-order valence-corrected chi connectivity index (χ2v) is 4.42. The molecule has 1 heterocycles. The normalized spacial score (nSPS) is 44.9. The molecule has 1 rings (SSSR count). The minimum absolute atomic E-state index is 0.189. The Morgan fingerprint density at radius 2 is 2.22 bits per heavy atom. The van der Waals surface area contributed by atoms with Gasteiger partial charge < -0.3 is 5.73 Å².